The fourth-order valence-corrected chi connectivity index (χ4v) is 3.01. The maximum atomic E-state index is 12.2. The highest BCUT2D eigenvalue weighted by molar-refractivity contribution is 5.79. The molecule has 0 spiro atoms. The van der Waals surface area contributed by atoms with Crippen LogP contribution in [0.25, 0.3) is 0 Å². The number of hydrogen-bond acceptors (Lipinski definition) is 4. The second-order valence-electron chi connectivity index (χ2n) is 6.30. The first-order valence-electron chi connectivity index (χ1n) is 8.71. The van der Waals surface area contributed by atoms with Gasteiger partial charge in [-0.05, 0) is 43.5 Å². The molecule has 1 saturated heterocycles. The van der Waals surface area contributed by atoms with Gasteiger partial charge in [0.05, 0.1) is 0 Å². The molecule has 0 aliphatic carbocycles. The fourth-order valence-electron chi connectivity index (χ4n) is 3.01. The predicted octanol–water partition coefficient (Wildman–Crippen LogP) is 2.54. The highest BCUT2D eigenvalue weighted by Crippen LogP contribution is 2.18. The van der Waals surface area contributed by atoms with Crippen LogP contribution in [-0.2, 0) is 11.3 Å². The molecule has 1 aliphatic heterocycles. The van der Waals surface area contributed by atoms with Crippen LogP contribution in [-0.4, -0.2) is 33.8 Å². The summed E-state index contributed by atoms with van der Waals surface area (Å²) in [6.45, 7) is 4.49. The number of aromatic nitrogens is 3. The molecule has 1 aliphatic rings. The van der Waals surface area contributed by atoms with Crippen molar-refractivity contribution in [2.75, 3.05) is 18.0 Å². The molecule has 1 atom stereocenters. The van der Waals surface area contributed by atoms with E-state index in [-0.39, 0.29) is 11.9 Å². The Bertz CT molecular complexity index is 647. The summed E-state index contributed by atoms with van der Waals surface area (Å²) in [7, 11) is 0. The number of nitrogens with zero attached hydrogens (tertiary/aromatic N) is 4. The monoisotopic (exact) mass is 327 g/mol. The maximum absolute atomic E-state index is 12.2. The smallest absolute Gasteiger partial charge is 0.244 e. The van der Waals surface area contributed by atoms with Crippen LogP contribution in [0.1, 0.15) is 44.2 Å². The summed E-state index contributed by atoms with van der Waals surface area (Å²) in [6.07, 6.45) is 10.4. The average Bonchev–Trinajstić information content (AvgIpc) is 3.01. The first kappa shape index (κ1) is 16.5. The Morgan fingerprint density at radius 1 is 1.25 bits per heavy atom. The fraction of sp³-hybridized carbons (Fsp3) is 0.500. The minimum Gasteiger partial charge on any atom is -0.357 e. The second-order valence-corrected chi connectivity index (χ2v) is 6.30. The van der Waals surface area contributed by atoms with Gasteiger partial charge in [0.2, 0.25) is 5.91 Å². The third kappa shape index (κ3) is 4.13. The lowest BCUT2D eigenvalue weighted by Crippen LogP contribution is -2.31. The molecule has 1 N–H and O–H groups in total. The zero-order valence-electron chi connectivity index (χ0n) is 14.2. The van der Waals surface area contributed by atoms with Crippen LogP contribution >= 0.6 is 0 Å². The summed E-state index contributed by atoms with van der Waals surface area (Å²) in [5.74, 6) is 0.982. The molecule has 128 valence electrons. The molecule has 24 heavy (non-hydrogen) atoms. The van der Waals surface area contributed by atoms with Gasteiger partial charge in [0.15, 0.2) is 0 Å². The number of hydrogen-bond donors (Lipinski definition) is 1. The number of nitrogens with one attached hydrogen (secondary N) is 1. The van der Waals surface area contributed by atoms with Crippen molar-refractivity contribution in [2.24, 2.45) is 0 Å². The van der Waals surface area contributed by atoms with Crippen molar-refractivity contribution in [3.05, 3.63) is 42.4 Å². The number of amides is 1. The summed E-state index contributed by atoms with van der Waals surface area (Å²) in [6, 6.07) is 5.55. The highest BCUT2D eigenvalue weighted by Gasteiger charge is 2.15. The van der Waals surface area contributed by atoms with E-state index < -0.39 is 0 Å². The van der Waals surface area contributed by atoms with E-state index in [0.29, 0.717) is 6.54 Å². The molecule has 2 aromatic heterocycles. The molecular formula is C18H25N5O. The molecule has 6 heteroatoms. The van der Waals surface area contributed by atoms with Gasteiger partial charge in [0.25, 0.3) is 0 Å². The Labute approximate surface area is 142 Å². The van der Waals surface area contributed by atoms with E-state index in [0.717, 1.165) is 24.5 Å². The highest BCUT2D eigenvalue weighted by atomic mass is 16.2. The first-order chi connectivity index (χ1) is 11.7. The molecule has 3 heterocycles. The molecule has 2 aromatic rings. The van der Waals surface area contributed by atoms with Crippen molar-refractivity contribution in [2.45, 2.75) is 45.2 Å². The molecule has 0 unspecified atom stereocenters. The third-order valence-corrected chi connectivity index (χ3v) is 4.51. The molecule has 3 rings (SSSR count). The van der Waals surface area contributed by atoms with E-state index in [1.807, 2.05) is 25.3 Å². The van der Waals surface area contributed by atoms with Crippen LogP contribution in [0.3, 0.4) is 0 Å². The normalized spacial score (nSPS) is 16.5. The summed E-state index contributed by atoms with van der Waals surface area (Å²) >= 11 is 0. The van der Waals surface area contributed by atoms with Gasteiger partial charge in [0.1, 0.15) is 11.9 Å². The molecule has 0 radical (unpaired) electrons. The van der Waals surface area contributed by atoms with E-state index in [2.05, 4.69) is 26.4 Å². The van der Waals surface area contributed by atoms with Crippen molar-refractivity contribution >= 4 is 11.7 Å². The van der Waals surface area contributed by atoms with E-state index >= 15 is 0 Å². The van der Waals surface area contributed by atoms with Crippen LogP contribution in [0.2, 0.25) is 0 Å². The largest absolute Gasteiger partial charge is 0.357 e. The molecule has 1 amide bonds. The zero-order valence-corrected chi connectivity index (χ0v) is 14.2. The average molecular weight is 327 g/mol. The van der Waals surface area contributed by atoms with E-state index in [1.165, 1.54) is 25.7 Å². The molecular weight excluding hydrogens is 302 g/mol. The number of pyridine rings is 1. The number of carbonyl (C=O) groups excluding carboxylic acids is 1. The van der Waals surface area contributed by atoms with Gasteiger partial charge in [-0.1, -0.05) is 12.8 Å². The van der Waals surface area contributed by atoms with Crippen molar-refractivity contribution in [1.29, 1.82) is 0 Å². The second kappa shape index (κ2) is 7.95. The van der Waals surface area contributed by atoms with Crippen LogP contribution in [0.4, 0.5) is 5.82 Å². The van der Waals surface area contributed by atoms with Crippen LogP contribution in [0, 0.1) is 0 Å². The van der Waals surface area contributed by atoms with Gasteiger partial charge in [0, 0.05) is 38.2 Å². The number of anilines is 1. The van der Waals surface area contributed by atoms with Gasteiger partial charge in [-0.3, -0.25) is 9.48 Å². The van der Waals surface area contributed by atoms with Gasteiger partial charge in [-0.25, -0.2) is 4.98 Å². The molecule has 0 saturated carbocycles. The zero-order chi connectivity index (χ0) is 16.8. The lowest BCUT2D eigenvalue weighted by molar-refractivity contribution is -0.124. The predicted molar refractivity (Wildman–Crippen MR) is 93.7 cm³/mol. The Morgan fingerprint density at radius 2 is 2.04 bits per heavy atom. The summed E-state index contributed by atoms with van der Waals surface area (Å²) in [5.41, 5.74) is 1.07. The van der Waals surface area contributed by atoms with Crippen molar-refractivity contribution in [1.82, 2.24) is 20.1 Å². The molecule has 6 nitrogen and oxygen atoms in total. The Balaban J connectivity index is 1.59. The topological polar surface area (TPSA) is 63.1 Å². The van der Waals surface area contributed by atoms with Gasteiger partial charge < -0.3 is 10.2 Å². The van der Waals surface area contributed by atoms with Crippen molar-refractivity contribution in [3.8, 4) is 0 Å². The maximum Gasteiger partial charge on any atom is 0.244 e. The minimum atomic E-state index is -0.313. The molecule has 0 aromatic carbocycles. The van der Waals surface area contributed by atoms with Gasteiger partial charge in [-0.15, -0.1) is 0 Å². The van der Waals surface area contributed by atoms with Gasteiger partial charge >= 0.3 is 0 Å². The summed E-state index contributed by atoms with van der Waals surface area (Å²) in [5, 5.41) is 7.10. The standard InChI is InChI=1S/C18H25N5O/c1-15(23-12-6-8-21-23)18(24)20-14-16-7-9-19-17(13-16)22-10-4-2-3-5-11-22/h6-9,12-13,15H,2-5,10-11,14H2,1H3,(H,20,24)/t15-/m0/s1. The first-order valence-corrected chi connectivity index (χ1v) is 8.71. The SMILES string of the molecule is C[C@@H](C(=O)NCc1ccnc(N2CCCCCC2)c1)n1cccn1. The minimum absolute atomic E-state index is 0.0353. The van der Waals surface area contributed by atoms with Crippen molar-refractivity contribution in [3.63, 3.8) is 0 Å². The Morgan fingerprint density at radius 3 is 2.75 bits per heavy atom. The number of rotatable bonds is 5. The van der Waals surface area contributed by atoms with E-state index in [9.17, 15) is 4.79 Å². The lowest BCUT2D eigenvalue weighted by atomic mass is 10.2. The van der Waals surface area contributed by atoms with Crippen LogP contribution in [0.5, 0.6) is 0 Å². The van der Waals surface area contributed by atoms with Crippen molar-refractivity contribution < 1.29 is 4.79 Å². The van der Waals surface area contributed by atoms with Crippen LogP contribution < -0.4 is 10.2 Å². The summed E-state index contributed by atoms with van der Waals surface area (Å²) < 4.78 is 1.66. The lowest BCUT2D eigenvalue weighted by Gasteiger charge is -2.22. The Kier molecular flexibility index (Phi) is 5.46. The van der Waals surface area contributed by atoms with E-state index in [1.54, 1.807) is 17.1 Å². The van der Waals surface area contributed by atoms with Gasteiger partial charge in [-0.2, -0.15) is 5.10 Å². The molecule has 1 fully saturated rings. The Hall–Kier alpha value is -2.37. The van der Waals surface area contributed by atoms with Crippen LogP contribution in [0.15, 0.2) is 36.8 Å². The van der Waals surface area contributed by atoms with E-state index in [4.69, 9.17) is 0 Å². The number of carbonyl (C=O) groups is 1. The third-order valence-electron chi connectivity index (χ3n) is 4.51. The molecule has 0 bridgehead atoms. The quantitative estimate of drug-likeness (QED) is 0.916. The summed E-state index contributed by atoms with van der Waals surface area (Å²) in [4.78, 5) is 19.1.